The van der Waals surface area contributed by atoms with Crippen molar-refractivity contribution in [3.8, 4) is 5.75 Å². The quantitative estimate of drug-likeness (QED) is 0.453. The molecule has 2 aromatic rings. The number of halogens is 2. The number of amides is 2. The van der Waals surface area contributed by atoms with Crippen molar-refractivity contribution in [3.05, 3.63) is 63.6 Å². The van der Waals surface area contributed by atoms with E-state index in [-0.39, 0.29) is 22.6 Å². The zero-order chi connectivity index (χ0) is 22.3. The summed E-state index contributed by atoms with van der Waals surface area (Å²) in [4.78, 5) is 25.2. The summed E-state index contributed by atoms with van der Waals surface area (Å²) in [5, 5.41) is 7.36. The van der Waals surface area contributed by atoms with Crippen molar-refractivity contribution >= 4 is 41.2 Å². The molecule has 0 aliphatic rings. The van der Waals surface area contributed by atoms with Crippen molar-refractivity contribution in [3.63, 3.8) is 0 Å². The predicted molar refractivity (Wildman–Crippen MR) is 120 cm³/mol. The molecule has 0 spiro atoms. The van der Waals surface area contributed by atoms with Crippen LogP contribution in [0, 0.1) is 5.92 Å². The first-order valence-electron chi connectivity index (χ1n) is 9.53. The summed E-state index contributed by atoms with van der Waals surface area (Å²) in [6.45, 7) is 7.50. The Morgan fingerprint density at radius 3 is 2.40 bits per heavy atom. The maximum absolute atomic E-state index is 12.6. The van der Waals surface area contributed by atoms with Crippen LogP contribution >= 0.6 is 23.2 Å². The fraction of sp³-hybridized carbons (Fsp3) is 0.318. The molecule has 0 aromatic heterocycles. The fourth-order valence-corrected chi connectivity index (χ4v) is 3.11. The van der Waals surface area contributed by atoms with Crippen LogP contribution < -0.4 is 15.5 Å². The van der Waals surface area contributed by atoms with Gasteiger partial charge in [0.1, 0.15) is 11.8 Å². The normalized spacial score (nSPS) is 12.3. The van der Waals surface area contributed by atoms with Crippen LogP contribution in [0.2, 0.25) is 10.0 Å². The molecule has 0 saturated heterocycles. The molecular weight excluding hydrogens is 425 g/mol. The number of hydrogen-bond acceptors (Lipinski definition) is 4. The molecule has 30 heavy (non-hydrogen) atoms. The van der Waals surface area contributed by atoms with Gasteiger partial charge >= 0.3 is 0 Å². The molecule has 2 amide bonds. The molecular formula is C22H25Cl2N3O3. The van der Waals surface area contributed by atoms with Crippen molar-refractivity contribution in [2.75, 3.05) is 0 Å². The summed E-state index contributed by atoms with van der Waals surface area (Å²) < 4.78 is 5.73. The third-order valence-electron chi connectivity index (χ3n) is 4.07. The van der Waals surface area contributed by atoms with Gasteiger partial charge in [-0.05, 0) is 50.1 Å². The van der Waals surface area contributed by atoms with Gasteiger partial charge in [0.05, 0.1) is 22.9 Å². The van der Waals surface area contributed by atoms with Gasteiger partial charge in [0, 0.05) is 10.6 Å². The highest BCUT2D eigenvalue weighted by Gasteiger charge is 2.25. The molecule has 0 aliphatic heterocycles. The van der Waals surface area contributed by atoms with Crippen molar-refractivity contribution in [1.82, 2.24) is 10.7 Å². The lowest BCUT2D eigenvalue weighted by atomic mass is 10.0. The molecule has 2 aromatic carbocycles. The highest BCUT2D eigenvalue weighted by molar-refractivity contribution is 6.36. The zero-order valence-corrected chi connectivity index (χ0v) is 18.8. The minimum atomic E-state index is -0.802. The molecule has 160 valence electrons. The first kappa shape index (κ1) is 23.7. The Morgan fingerprint density at radius 1 is 1.07 bits per heavy atom. The standard InChI is InChI=1S/C22H25Cl2N3O3/c1-13(2)20(26-21(28)17-10-9-16(23)11-18(17)24)22(29)27-25-12-15-7-5-6-8-19(15)30-14(3)4/h5-14,20H,1-4H3,(H,26,28)(H,27,29)/b25-12-. The number of carbonyl (C=O) groups excluding carboxylic acids is 2. The first-order valence-corrected chi connectivity index (χ1v) is 10.3. The van der Waals surface area contributed by atoms with Crippen molar-refractivity contribution in [1.29, 1.82) is 0 Å². The van der Waals surface area contributed by atoms with E-state index in [0.29, 0.717) is 10.8 Å². The van der Waals surface area contributed by atoms with Gasteiger partial charge in [-0.3, -0.25) is 9.59 Å². The summed E-state index contributed by atoms with van der Waals surface area (Å²) in [6, 6.07) is 11.1. The fourth-order valence-electron chi connectivity index (χ4n) is 2.61. The van der Waals surface area contributed by atoms with Crippen LogP contribution in [0.15, 0.2) is 47.6 Å². The van der Waals surface area contributed by atoms with E-state index in [0.717, 1.165) is 5.56 Å². The minimum Gasteiger partial charge on any atom is -0.490 e. The second-order valence-electron chi connectivity index (χ2n) is 7.26. The van der Waals surface area contributed by atoms with Gasteiger partial charge in [-0.25, -0.2) is 5.43 Å². The van der Waals surface area contributed by atoms with Gasteiger partial charge in [0.15, 0.2) is 0 Å². The number of carbonyl (C=O) groups is 2. The largest absolute Gasteiger partial charge is 0.490 e. The molecule has 2 rings (SSSR count). The SMILES string of the molecule is CC(C)Oc1ccccc1/C=N\NC(=O)C(NC(=O)c1ccc(Cl)cc1Cl)C(C)C. The number of nitrogens with one attached hydrogen (secondary N) is 2. The van der Waals surface area contributed by atoms with Gasteiger partial charge in [0.25, 0.3) is 11.8 Å². The molecule has 0 aliphatic carbocycles. The van der Waals surface area contributed by atoms with Gasteiger partial charge < -0.3 is 10.1 Å². The molecule has 0 radical (unpaired) electrons. The number of rotatable bonds is 8. The van der Waals surface area contributed by atoms with Crippen LogP contribution in [0.25, 0.3) is 0 Å². The van der Waals surface area contributed by atoms with Crippen LogP contribution in [0.4, 0.5) is 0 Å². The van der Waals surface area contributed by atoms with E-state index < -0.39 is 17.9 Å². The van der Waals surface area contributed by atoms with Crippen LogP contribution in [0.5, 0.6) is 5.75 Å². The lowest BCUT2D eigenvalue weighted by molar-refractivity contribution is -0.123. The van der Waals surface area contributed by atoms with E-state index in [9.17, 15) is 9.59 Å². The maximum Gasteiger partial charge on any atom is 0.262 e. The summed E-state index contributed by atoms with van der Waals surface area (Å²) in [7, 11) is 0. The zero-order valence-electron chi connectivity index (χ0n) is 17.3. The Labute approximate surface area is 186 Å². The molecule has 6 nitrogen and oxygen atoms in total. The number of hydrogen-bond donors (Lipinski definition) is 2. The van der Waals surface area contributed by atoms with Gasteiger partial charge in [-0.15, -0.1) is 0 Å². The summed E-state index contributed by atoms with van der Waals surface area (Å²) in [6.07, 6.45) is 1.51. The van der Waals surface area contributed by atoms with E-state index in [1.807, 2.05) is 52.0 Å². The Morgan fingerprint density at radius 2 is 1.77 bits per heavy atom. The molecule has 2 N–H and O–H groups in total. The summed E-state index contributed by atoms with van der Waals surface area (Å²) in [5.41, 5.74) is 3.44. The third kappa shape index (κ3) is 6.75. The number of para-hydroxylation sites is 1. The van der Waals surface area contributed by atoms with Crippen molar-refractivity contribution in [2.24, 2.45) is 11.0 Å². The second-order valence-corrected chi connectivity index (χ2v) is 8.10. The molecule has 0 fully saturated rings. The third-order valence-corrected chi connectivity index (χ3v) is 4.62. The van der Waals surface area contributed by atoms with Crippen LogP contribution in [0.1, 0.15) is 43.6 Å². The number of benzene rings is 2. The summed E-state index contributed by atoms with van der Waals surface area (Å²) in [5.74, 6) is -0.421. The molecule has 0 bridgehead atoms. The van der Waals surface area contributed by atoms with Crippen LogP contribution in [-0.4, -0.2) is 30.2 Å². The lowest BCUT2D eigenvalue weighted by Gasteiger charge is -2.20. The van der Waals surface area contributed by atoms with Gasteiger partial charge in [-0.2, -0.15) is 5.10 Å². The number of ether oxygens (including phenoxy) is 1. The molecule has 1 unspecified atom stereocenters. The average Bonchev–Trinajstić information content (AvgIpc) is 2.66. The summed E-state index contributed by atoms with van der Waals surface area (Å²) >= 11 is 12.0. The lowest BCUT2D eigenvalue weighted by Crippen LogP contribution is -2.48. The van der Waals surface area contributed by atoms with E-state index >= 15 is 0 Å². The molecule has 0 saturated carbocycles. The molecule has 1 atom stereocenters. The highest BCUT2D eigenvalue weighted by Crippen LogP contribution is 2.21. The number of hydrazone groups is 1. The minimum absolute atomic E-state index is 0.00867. The molecule has 8 heteroatoms. The van der Waals surface area contributed by atoms with E-state index in [2.05, 4.69) is 15.8 Å². The van der Waals surface area contributed by atoms with Gasteiger partial charge in [-0.1, -0.05) is 49.2 Å². The number of nitrogens with zero attached hydrogens (tertiary/aromatic N) is 1. The smallest absolute Gasteiger partial charge is 0.262 e. The second kappa shape index (κ2) is 11.0. The van der Waals surface area contributed by atoms with Gasteiger partial charge in [0.2, 0.25) is 0 Å². The maximum atomic E-state index is 12.6. The Bertz CT molecular complexity index is 930. The van der Waals surface area contributed by atoms with Crippen molar-refractivity contribution < 1.29 is 14.3 Å². The first-order chi connectivity index (χ1) is 14.2. The van der Waals surface area contributed by atoms with Crippen LogP contribution in [-0.2, 0) is 4.79 Å². The van der Waals surface area contributed by atoms with Crippen LogP contribution in [0.3, 0.4) is 0 Å². The molecule has 0 heterocycles. The van der Waals surface area contributed by atoms with E-state index in [4.69, 9.17) is 27.9 Å². The van der Waals surface area contributed by atoms with Crippen molar-refractivity contribution in [2.45, 2.75) is 39.8 Å². The predicted octanol–water partition coefficient (Wildman–Crippen LogP) is 4.69. The van der Waals surface area contributed by atoms with E-state index in [1.54, 1.807) is 6.07 Å². The monoisotopic (exact) mass is 449 g/mol. The Kier molecular flexibility index (Phi) is 8.69. The van der Waals surface area contributed by atoms with E-state index in [1.165, 1.54) is 18.3 Å². The average molecular weight is 450 g/mol. The highest BCUT2D eigenvalue weighted by atomic mass is 35.5. The Hall–Kier alpha value is -2.57. The Balaban J connectivity index is 2.07. The topological polar surface area (TPSA) is 79.8 Å².